The van der Waals surface area contributed by atoms with E-state index in [1.54, 1.807) is 0 Å². The minimum absolute atomic E-state index is 0.00822. The van der Waals surface area contributed by atoms with E-state index in [0.29, 0.717) is 13.1 Å². The second kappa shape index (κ2) is 5.82. The van der Waals surface area contributed by atoms with Crippen LogP contribution in [0.5, 0.6) is 0 Å². The van der Waals surface area contributed by atoms with E-state index in [1.165, 1.54) is 0 Å². The van der Waals surface area contributed by atoms with Crippen LogP contribution in [0.3, 0.4) is 0 Å². The zero-order valence-electron chi connectivity index (χ0n) is 11.8. The van der Waals surface area contributed by atoms with E-state index in [2.05, 4.69) is 22.3 Å². The number of nitrogens with one attached hydrogen (secondary N) is 1. The van der Waals surface area contributed by atoms with Crippen LogP contribution in [0.2, 0.25) is 0 Å². The van der Waals surface area contributed by atoms with Crippen LogP contribution in [0.25, 0.3) is 0 Å². The summed E-state index contributed by atoms with van der Waals surface area (Å²) in [4.78, 5) is 2.32. The number of aliphatic hydroxyl groups excluding tert-OH is 1. The van der Waals surface area contributed by atoms with Gasteiger partial charge < -0.3 is 15.5 Å². The molecular formula is C16H24N2O2. The van der Waals surface area contributed by atoms with Gasteiger partial charge in [-0.2, -0.15) is 0 Å². The van der Waals surface area contributed by atoms with E-state index < -0.39 is 5.60 Å². The van der Waals surface area contributed by atoms with Crippen molar-refractivity contribution in [1.82, 2.24) is 10.2 Å². The van der Waals surface area contributed by atoms with E-state index in [1.807, 2.05) is 18.2 Å². The number of aliphatic hydroxyl groups is 2. The van der Waals surface area contributed by atoms with Gasteiger partial charge in [-0.25, -0.2) is 0 Å². The molecule has 0 aliphatic carbocycles. The maximum Gasteiger partial charge on any atom is 0.105 e. The molecule has 3 rings (SSSR count). The van der Waals surface area contributed by atoms with Crippen molar-refractivity contribution in [2.75, 3.05) is 26.2 Å². The van der Waals surface area contributed by atoms with Crippen molar-refractivity contribution in [2.45, 2.75) is 36.9 Å². The summed E-state index contributed by atoms with van der Waals surface area (Å²) in [6.45, 7) is 2.39. The molecule has 20 heavy (non-hydrogen) atoms. The molecule has 2 unspecified atom stereocenters. The third-order valence-corrected chi connectivity index (χ3v) is 4.78. The lowest BCUT2D eigenvalue weighted by atomic mass is 9.80. The molecule has 2 atom stereocenters. The second-order valence-corrected chi connectivity index (χ2v) is 6.07. The minimum atomic E-state index is -0.622. The molecule has 2 heterocycles. The van der Waals surface area contributed by atoms with Crippen molar-refractivity contribution < 1.29 is 10.2 Å². The van der Waals surface area contributed by atoms with Crippen LogP contribution in [0.4, 0.5) is 0 Å². The molecule has 0 saturated carbocycles. The topological polar surface area (TPSA) is 55.7 Å². The van der Waals surface area contributed by atoms with Gasteiger partial charge in [-0.3, -0.25) is 4.90 Å². The van der Waals surface area contributed by atoms with Crippen LogP contribution in [0, 0.1) is 0 Å². The average molecular weight is 276 g/mol. The first kappa shape index (κ1) is 14.0. The summed E-state index contributed by atoms with van der Waals surface area (Å²) >= 11 is 0. The number of nitrogens with zero attached hydrogens (tertiary/aromatic N) is 1. The fourth-order valence-corrected chi connectivity index (χ4v) is 3.60. The maximum atomic E-state index is 10.7. The lowest BCUT2D eigenvalue weighted by Crippen LogP contribution is -2.70. The highest BCUT2D eigenvalue weighted by Gasteiger charge is 2.47. The van der Waals surface area contributed by atoms with Crippen LogP contribution in [0.15, 0.2) is 30.3 Å². The summed E-state index contributed by atoms with van der Waals surface area (Å²) in [5.74, 6) is 0. The highest BCUT2D eigenvalue weighted by Crippen LogP contribution is 2.35. The summed E-state index contributed by atoms with van der Waals surface area (Å²) in [6.07, 6.45) is 3.32. The van der Waals surface area contributed by atoms with E-state index in [-0.39, 0.29) is 18.7 Å². The third kappa shape index (κ3) is 2.49. The van der Waals surface area contributed by atoms with Gasteiger partial charge in [-0.1, -0.05) is 36.8 Å². The van der Waals surface area contributed by atoms with E-state index in [4.69, 9.17) is 0 Å². The van der Waals surface area contributed by atoms with Crippen LogP contribution >= 0.6 is 0 Å². The highest BCUT2D eigenvalue weighted by atomic mass is 16.3. The van der Waals surface area contributed by atoms with Gasteiger partial charge in [0.1, 0.15) is 5.60 Å². The Morgan fingerprint density at radius 1 is 1.25 bits per heavy atom. The van der Waals surface area contributed by atoms with E-state index in [0.717, 1.165) is 31.4 Å². The van der Waals surface area contributed by atoms with Crippen molar-refractivity contribution in [3.63, 3.8) is 0 Å². The van der Waals surface area contributed by atoms with Crippen LogP contribution in [-0.4, -0.2) is 53.0 Å². The molecule has 2 fully saturated rings. The Morgan fingerprint density at radius 2 is 2.00 bits per heavy atom. The number of rotatable bonds is 4. The number of benzene rings is 1. The minimum Gasteiger partial charge on any atom is -0.394 e. The first-order valence-corrected chi connectivity index (χ1v) is 7.59. The van der Waals surface area contributed by atoms with Gasteiger partial charge in [0.2, 0.25) is 0 Å². The number of hydrogen-bond donors (Lipinski definition) is 3. The molecule has 0 amide bonds. The van der Waals surface area contributed by atoms with E-state index >= 15 is 0 Å². The number of β-amino-alcohol motifs (C(OH)–C–C–N with tert-alkyl or cyclic N) is 1. The van der Waals surface area contributed by atoms with Crippen molar-refractivity contribution in [1.29, 1.82) is 0 Å². The second-order valence-electron chi connectivity index (χ2n) is 6.07. The maximum absolute atomic E-state index is 10.7. The van der Waals surface area contributed by atoms with Gasteiger partial charge in [0.05, 0.1) is 12.6 Å². The summed E-state index contributed by atoms with van der Waals surface area (Å²) in [5.41, 5.74) is 0.514. The summed E-state index contributed by atoms with van der Waals surface area (Å²) in [5, 5.41) is 23.8. The predicted molar refractivity (Wildman–Crippen MR) is 78.4 cm³/mol. The van der Waals surface area contributed by atoms with Crippen molar-refractivity contribution in [2.24, 2.45) is 0 Å². The van der Waals surface area contributed by atoms with Gasteiger partial charge in [-0.05, 0) is 24.9 Å². The molecule has 4 nitrogen and oxygen atoms in total. The zero-order valence-corrected chi connectivity index (χ0v) is 11.8. The molecule has 0 aromatic heterocycles. The molecular weight excluding hydrogens is 252 g/mol. The predicted octanol–water partition coefficient (Wildman–Crippen LogP) is 0.909. The van der Waals surface area contributed by atoms with E-state index in [9.17, 15) is 10.2 Å². The summed E-state index contributed by atoms with van der Waals surface area (Å²) < 4.78 is 0. The van der Waals surface area contributed by atoms with Gasteiger partial charge in [0.25, 0.3) is 0 Å². The Balaban J connectivity index is 1.84. The normalized spacial score (nSPS) is 27.8. The van der Waals surface area contributed by atoms with Crippen LogP contribution in [-0.2, 0) is 0 Å². The fraction of sp³-hybridized carbons (Fsp3) is 0.625. The Hall–Kier alpha value is -0.940. The first-order chi connectivity index (χ1) is 9.74. The fourth-order valence-electron chi connectivity index (χ4n) is 3.60. The largest absolute Gasteiger partial charge is 0.394 e. The third-order valence-electron chi connectivity index (χ3n) is 4.78. The smallest absolute Gasteiger partial charge is 0.105 e. The number of hydrogen-bond acceptors (Lipinski definition) is 4. The van der Waals surface area contributed by atoms with Crippen LogP contribution in [0.1, 0.15) is 30.9 Å². The monoisotopic (exact) mass is 276 g/mol. The molecule has 3 N–H and O–H groups in total. The highest BCUT2D eigenvalue weighted by molar-refractivity contribution is 5.20. The Morgan fingerprint density at radius 3 is 2.60 bits per heavy atom. The Labute approximate surface area is 120 Å². The Bertz CT molecular complexity index is 433. The Kier molecular flexibility index (Phi) is 4.08. The molecule has 2 aliphatic rings. The molecule has 0 spiro atoms. The van der Waals surface area contributed by atoms with Crippen LogP contribution < -0.4 is 5.32 Å². The van der Waals surface area contributed by atoms with Gasteiger partial charge in [0, 0.05) is 19.1 Å². The summed E-state index contributed by atoms with van der Waals surface area (Å²) in [6, 6.07) is 10.3. The number of likely N-dealkylation sites (tertiary alicyclic amines) is 1. The number of piperidine rings is 1. The molecule has 2 saturated heterocycles. The molecule has 110 valence electrons. The average Bonchev–Trinajstić information content (AvgIpc) is 2.47. The first-order valence-electron chi connectivity index (χ1n) is 7.59. The standard InChI is InChI=1S/C16H24N2O2/c19-10-14(13-6-2-1-3-7-13)18-9-5-4-8-15(18)16(20)11-17-12-16/h1-3,6-7,14-15,17,19-20H,4-5,8-12H2. The van der Waals surface area contributed by atoms with Crippen molar-refractivity contribution >= 4 is 0 Å². The van der Waals surface area contributed by atoms with Gasteiger partial charge >= 0.3 is 0 Å². The quantitative estimate of drug-likeness (QED) is 0.765. The molecule has 2 aliphatic heterocycles. The van der Waals surface area contributed by atoms with Gasteiger partial charge in [-0.15, -0.1) is 0 Å². The van der Waals surface area contributed by atoms with Crippen molar-refractivity contribution in [3.8, 4) is 0 Å². The lowest BCUT2D eigenvalue weighted by Gasteiger charge is -2.52. The molecule has 0 radical (unpaired) electrons. The molecule has 1 aromatic carbocycles. The summed E-state index contributed by atoms with van der Waals surface area (Å²) in [7, 11) is 0. The van der Waals surface area contributed by atoms with Gasteiger partial charge in [0.15, 0.2) is 0 Å². The zero-order chi connectivity index (χ0) is 14.0. The van der Waals surface area contributed by atoms with Crippen molar-refractivity contribution in [3.05, 3.63) is 35.9 Å². The molecule has 4 heteroatoms. The molecule has 1 aromatic rings. The molecule has 0 bridgehead atoms. The SMILES string of the molecule is OCC(c1ccccc1)N1CCCCC1C1(O)CNC1. The lowest BCUT2D eigenvalue weighted by molar-refractivity contribution is -0.111.